The third kappa shape index (κ3) is 8.42. The Balaban J connectivity index is 2.48. The second kappa shape index (κ2) is 12.6. The number of rotatable bonds is 11. The van der Waals surface area contributed by atoms with Crippen LogP contribution in [0.4, 0.5) is 4.79 Å². The molecule has 0 atom stereocenters. The van der Waals surface area contributed by atoms with E-state index in [1.807, 2.05) is 0 Å². The summed E-state index contributed by atoms with van der Waals surface area (Å²) in [5.41, 5.74) is 0.148. The van der Waals surface area contributed by atoms with Crippen molar-refractivity contribution in [2.24, 2.45) is 0 Å². The van der Waals surface area contributed by atoms with Gasteiger partial charge >= 0.3 is 22.3 Å². The Morgan fingerprint density at radius 2 is 1.31 bits per heavy atom. The third-order valence-corrected chi connectivity index (χ3v) is 6.56. The van der Waals surface area contributed by atoms with Gasteiger partial charge in [-0.05, 0) is 63.1 Å². The molecule has 10 nitrogen and oxygen atoms in total. The second-order valence-corrected chi connectivity index (χ2v) is 10.6. The van der Waals surface area contributed by atoms with Crippen molar-refractivity contribution in [2.75, 3.05) is 27.4 Å². The van der Waals surface area contributed by atoms with Crippen molar-refractivity contribution in [3.63, 3.8) is 0 Å². The highest BCUT2D eigenvalue weighted by Gasteiger charge is 2.38. The number of carbonyl (C=O) groups excluding carboxylic acids is 2. The minimum atomic E-state index is -4.55. The van der Waals surface area contributed by atoms with Gasteiger partial charge in [0.15, 0.2) is 0 Å². The average molecular weight is 523 g/mol. The van der Waals surface area contributed by atoms with Crippen LogP contribution in [0.3, 0.4) is 0 Å². The summed E-state index contributed by atoms with van der Waals surface area (Å²) in [5.74, 6) is 0.422. The Morgan fingerprint density at radius 1 is 0.833 bits per heavy atom. The Bertz CT molecular complexity index is 1110. The number of methoxy groups -OCH3 is 2. The maximum Gasteiger partial charge on any atom is 0.425 e. The Hall–Kier alpha value is -3.31. The van der Waals surface area contributed by atoms with Gasteiger partial charge in [-0.3, -0.25) is 4.79 Å². The molecule has 2 aromatic carbocycles. The third-order valence-electron chi connectivity index (χ3n) is 4.82. The van der Waals surface area contributed by atoms with Gasteiger partial charge in [-0.1, -0.05) is 24.3 Å². The van der Waals surface area contributed by atoms with E-state index in [0.29, 0.717) is 26.9 Å². The van der Waals surface area contributed by atoms with Gasteiger partial charge < -0.3 is 18.9 Å². The lowest BCUT2D eigenvalue weighted by molar-refractivity contribution is -0.143. The first kappa shape index (κ1) is 28.9. The van der Waals surface area contributed by atoms with Gasteiger partial charge in [-0.2, -0.15) is 17.0 Å². The number of carbonyl (C=O) groups is 2. The number of esters is 1. The quantitative estimate of drug-likeness (QED) is 0.410. The van der Waals surface area contributed by atoms with Crippen LogP contribution in [0.25, 0.3) is 0 Å². The zero-order chi connectivity index (χ0) is 26.9. The van der Waals surface area contributed by atoms with Crippen LogP contribution in [-0.4, -0.2) is 62.1 Å². The van der Waals surface area contributed by atoms with Crippen LogP contribution in [0.15, 0.2) is 48.5 Å². The maximum atomic E-state index is 13.8. The molecule has 2 aromatic rings. The van der Waals surface area contributed by atoms with Gasteiger partial charge in [0, 0.05) is 6.54 Å². The van der Waals surface area contributed by atoms with Crippen LogP contribution in [0.1, 0.15) is 38.8 Å². The molecule has 0 radical (unpaired) electrons. The Kier molecular flexibility index (Phi) is 10.1. The van der Waals surface area contributed by atoms with E-state index >= 15 is 0 Å². The summed E-state index contributed by atoms with van der Waals surface area (Å²) in [5, 5.41) is 0. The van der Waals surface area contributed by atoms with E-state index in [0.717, 1.165) is 4.31 Å². The molecule has 2 rings (SSSR count). The fraction of sp³-hybridized carbons (Fsp3) is 0.440. The van der Waals surface area contributed by atoms with Crippen molar-refractivity contribution in [1.82, 2.24) is 8.61 Å². The lowest BCUT2D eigenvalue weighted by Gasteiger charge is -2.31. The number of benzene rings is 2. The Morgan fingerprint density at radius 3 is 1.72 bits per heavy atom. The summed E-state index contributed by atoms with van der Waals surface area (Å²) in [6.45, 7) is 5.51. The van der Waals surface area contributed by atoms with Crippen molar-refractivity contribution in [2.45, 2.75) is 46.4 Å². The van der Waals surface area contributed by atoms with Crippen LogP contribution < -0.4 is 9.47 Å². The van der Waals surface area contributed by atoms with Crippen molar-refractivity contribution >= 4 is 22.3 Å². The minimum Gasteiger partial charge on any atom is -0.497 e. The first-order chi connectivity index (χ1) is 16.9. The standard InChI is InChI=1S/C25H34N2O8S/c1-7-34-23(28)18-26(16-19-8-12-21(32-5)13-9-19)36(30,31)27(24(29)35-25(2,3)4)17-20-10-14-22(33-6)15-11-20/h8-15H,7,16-18H2,1-6H3. The highest BCUT2D eigenvalue weighted by atomic mass is 32.2. The molecule has 0 aliphatic heterocycles. The molecular formula is C25H34N2O8S. The molecule has 0 N–H and O–H groups in total. The first-order valence-electron chi connectivity index (χ1n) is 11.3. The van der Waals surface area contributed by atoms with E-state index in [1.165, 1.54) is 14.2 Å². The highest BCUT2D eigenvalue weighted by molar-refractivity contribution is 7.87. The molecule has 0 aromatic heterocycles. The van der Waals surface area contributed by atoms with Crippen LogP contribution >= 0.6 is 0 Å². The normalized spacial score (nSPS) is 11.6. The topological polar surface area (TPSA) is 112 Å². The number of hydrogen-bond acceptors (Lipinski definition) is 8. The molecule has 1 amide bonds. The SMILES string of the molecule is CCOC(=O)CN(Cc1ccc(OC)cc1)S(=O)(=O)N(Cc1ccc(OC)cc1)C(=O)OC(C)(C)C. The fourth-order valence-corrected chi connectivity index (χ4v) is 4.49. The lowest BCUT2D eigenvalue weighted by atomic mass is 10.2. The molecule has 36 heavy (non-hydrogen) atoms. The van der Waals surface area contributed by atoms with Gasteiger partial charge in [0.1, 0.15) is 23.6 Å². The van der Waals surface area contributed by atoms with Gasteiger partial charge in [0.2, 0.25) is 0 Å². The summed E-state index contributed by atoms with van der Waals surface area (Å²) in [4.78, 5) is 25.5. The summed E-state index contributed by atoms with van der Waals surface area (Å²) in [7, 11) is -1.52. The van der Waals surface area contributed by atoms with Gasteiger partial charge in [0.05, 0.1) is 27.4 Å². The first-order valence-corrected chi connectivity index (χ1v) is 12.7. The van der Waals surface area contributed by atoms with Gasteiger partial charge in [-0.15, -0.1) is 0 Å². The molecule has 0 fully saturated rings. The van der Waals surface area contributed by atoms with Crippen molar-refractivity contribution in [3.8, 4) is 11.5 Å². The zero-order valence-electron chi connectivity index (χ0n) is 21.5. The van der Waals surface area contributed by atoms with Crippen LogP contribution in [0, 0.1) is 0 Å². The maximum absolute atomic E-state index is 13.8. The average Bonchev–Trinajstić information content (AvgIpc) is 2.81. The van der Waals surface area contributed by atoms with Crippen LogP contribution in [0.5, 0.6) is 11.5 Å². The monoisotopic (exact) mass is 522 g/mol. The van der Waals surface area contributed by atoms with Gasteiger partial charge in [-0.25, -0.2) is 4.79 Å². The number of nitrogens with zero attached hydrogens (tertiary/aromatic N) is 2. The van der Waals surface area contributed by atoms with E-state index in [2.05, 4.69) is 0 Å². The molecule has 0 unspecified atom stereocenters. The molecule has 0 heterocycles. The zero-order valence-corrected chi connectivity index (χ0v) is 22.3. The molecular weight excluding hydrogens is 488 g/mol. The fourth-order valence-electron chi connectivity index (χ4n) is 3.09. The molecule has 0 saturated carbocycles. The minimum absolute atomic E-state index is 0.0802. The van der Waals surface area contributed by atoms with E-state index in [4.69, 9.17) is 18.9 Å². The lowest BCUT2D eigenvalue weighted by Crippen LogP contribution is -2.49. The predicted octanol–water partition coefficient (Wildman–Crippen LogP) is 3.75. The molecule has 0 saturated heterocycles. The summed E-state index contributed by atoms with van der Waals surface area (Å²) >= 11 is 0. The largest absolute Gasteiger partial charge is 0.497 e. The number of amides is 1. The number of ether oxygens (including phenoxy) is 4. The second-order valence-electron chi connectivity index (χ2n) is 8.76. The number of hydrogen-bond donors (Lipinski definition) is 0. The van der Waals surface area contributed by atoms with E-state index in [-0.39, 0.29) is 19.7 Å². The molecule has 0 aliphatic carbocycles. The van der Waals surface area contributed by atoms with Crippen LogP contribution in [-0.2, 0) is 37.6 Å². The summed E-state index contributed by atoms with van der Waals surface area (Å²) in [6.07, 6.45) is -1.07. The molecule has 198 valence electrons. The van der Waals surface area contributed by atoms with Gasteiger partial charge in [0.25, 0.3) is 0 Å². The molecule has 0 bridgehead atoms. The van der Waals surface area contributed by atoms with E-state index in [1.54, 1.807) is 76.2 Å². The Labute approximate surface area is 212 Å². The van der Waals surface area contributed by atoms with Crippen molar-refractivity contribution < 1.29 is 37.0 Å². The molecule has 0 aliphatic rings. The van der Waals surface area contributed by atoms with Crippen LogP contribution in [0.2, 0.25) is 0 Å². The summed E-state index contributed by atoms with van der Waals surface area (Å²) in [6, 6.07) is 13.3. The molecule has 11 heteroatoms. The smallest absolute Gasteiger partial charge is 0.425 e. The van der Waals surface area contributed by atoms with E-state index in [9.17, 15) is 18.0 Å². The predicted molar refractivity (Wildman–Crippen MR) is 134 cm³/mol. The van der Waals surface area contributed by atoms with E-state index < -0.39 is 34.4 Å². The summed E-state index contributed by atoms with van der Waals surface area (Å²) < 4.78 is 49.9. The highest BCUT2D eigenvalue weighted by Crippen LogP contribution is 2.22. The van der Waals surface area contributed by atoms with Crippen molar-refractivity contribution in [3.05, 3.63) is 59.7 Å². The van der Waals surface area contributed by atoms with Crippen molar-refractivity contribution in [1.29, 1.82) is 0 Å². The molecule has 0 spiro atoms.